The molecule has 0 radical (unpaired) electrons. The van der Waals surface area contributed by atoms with Gasteiger partial charge in [0.25, 0.3) is 11.1 Å². The topological polar surface area (TPSA) is 77.9 Å². The van der Waals surface area contributed by atoms with Crippen LogP contribution in [0.3, 0.4) is 0 Å². The van der Waals surface area contributed by atoms with Crippen LogP contribution in [0.2, 0.25) is 0 Å². The first-order chi connectivity index (χ1) is 13.5. The lowest BCUT2D eigenvalue weighted by molar-refractivity contribution is -0.128. The Kier molecular flexibility index (Phi) is 6.28. The van der Waals surface area contributed by atoms with Gasteiger partial charge >= 0.3 is 0 Å². The smallest absolute Gasteiger partial charge is 0.294 e. The number of carbonyl (C=O) groups is 3. The molecule has 0 aromatic heterocycles. The van der Waals surface area contributed by atoms with Crippen molar-refractivity contribution >= 4 is 40.6 Å². The van der Waals surface area contributed by atoms with Gasteiger partial charge in [0.05, 0.1) is 11.5 Å². The average Bonchev–Trinajstić information content (AvgIpc) is 2.96. The maximum Gasteiger partial charge on any atom is 0.294 e. The van der Waals surface area contributed by atoms with E-state index < -0.39 is 17.1 Å². The fourth-order valence-corrected chi connectivity index (χ4v) is 3.61. The third kappa shape index (κ3) is 4.49. The Labute approximate surface area is 167 Å². The summed E-state index contributed by atoms with van der Waals surface area (Å²) in [4.78, 5) is 40.3. The molecule has 0 aliphatic carbocycles. The van der Waals surface area contributed by atoms with Crippen molar-refractivity contribution in [2.75, 3.05) is 24.6 Å². The number of aliphatic hydroxyl groups excluding tert-OH is 1. The Morgan fingerprint density at radius 1 is 1.11 bits per heavy atom. The highest BCUT2D eigenvalue weighted by atomic mass is 32.2. The molecule has 0 unspecified atom stereocenters. The summed E-state index contributed by atoms with van der Waals surface area (Å²) in [5.41, 5.74) is 2.51. The van der Waals surface area contributed by atoms with E-state index in [2.05, 4.69) is 0 Å². The minimum atomic E-state index is -0.485. The number of para-hydroxylation sites is 1. The number of amides is 3. The predicted molar refractivity (Wildman–Crippen MR) is 110 cm³/mol. The van der Waals surface area contributed by atoms with Crippen LogP contribution in [0.5, 0.6) is 0 Å². The molecule has 1 aliphatic rings. The summed E-state index contributed by atoms with van der Waals surface area (Å²) in [5.74, 6) is -0.917. The lowest BCUT2D eigenvalue weighted by Crippen LogP contribution is -2.43. The molecule has 2 aromatic carbocycles. The van der Waals surface area contributed by atoms with Crippen molar-refractivity contribution in [3.63, 3.8) is 0 Å². The quantitative estimate of drug-likeness (QED) is 0.760. The standard InChI is InChI=1S/C21H20N2O4S/c1-15-7-9-16(10-8-15)13-18-20(26)23(21(27)28-18)14-19(25)22(11-12-24)17-5-3-2-4-6-17/h2-10,13,24H,11-12,14H2,1H3/b18-13-. The van der Waals surface area contributed by atoms with E-state index in [-0.39, 0.29) is 24.6 Å². The molecule has 1 heterocycles. The van der Waals surface area contributed by atoms with Crippen molar-refractivity contribution < 1.29 is 19.5 Å². The average molecular weight is 396 g/mol. The first-order valence-corrected chi connectivity index (χ1v) is 9.59. The van der Waals surface area contributed by atoms with Gasteiger partial charge in [0.2, 0.25) is 5.91 Å². The molecule has 3 amide bonds. The molecule has 1 N–H and O–H groups in total. The van der Waals surface area contributed by atoms with E-state index in [0.717, 1.165) is 27.8 Å². The molecule has 0 spiro atoms. The van der Waals surface area contributed by atoms with Gasteiger partial charge in [-0.1, -0.05) is 48.0 Å². The van der Waals surface area contributed by atoms with Gasteiger partial charge in [-0.15, -0.1) is 0 Å². The maximum atomic E-state index is 12.7. The predicted octanol–water partition coefficient (Wildman–Crippen LogP) is 3.06. The molecule has 28 heavy (non-hydrogen) atoms. The second-order valence-corrected chi connectivity index (χ2v) is 7.28. The normalized spacial score (nSPS) is 15.4. The van der Waals surface area contributed by atoms with Crippen LogP contribution >= 0.6 is 11.8 Å². The second kappa shape index (κ2) is 8.86. The number of anilines is 1. The molecule has 0 bridgehead atoms. The van der Waals surface area contributed by atoms with Crippen LogP contribution in [0.25, 0.3) is 6.08 Å². The number of thioether (sulfide) groups is 1. The van der Waals surface area contributed by atoms with E-state index in [1.54, 1.807) is 30.3 Å². The number of hydrogen-bond acceptors (Lipinski definition) is 5. The molecule has 1 fully saturated rings. The summed E-state index contributed by atoms with van der Waals surface area (Å²) in [6.45, 7) is 1.45. The lowest BCUT2D eigenvalue weighted by Gasteiger charge is -2.23. The number of rotatable bonds is 6. The van der Waals surface area contributed by atoms with Gasteiger partial charge < -0.3 is 10.0 Å². The van der Waals surface area contributed by atoms with E-state index in [4.69, 9.17) is 0 Å². The van der Waals surface area contributed by atoms with Crippen LogP contribution in [-0.4, -0.2) is 46.8 Å². The molecule has 6 nitrogen and oxygen atoms in total. The van der Waals surface area contributed by atoms with E-state index in [0.29, 0.717) is 5.69 Å². The number of carbonyl (C=O) groups excluding carboxylic acids is 3. The number of nitrogens with zero attached hydrogens (tertiary/aromatic N) is 2. The molecule has 1 saturated heterocycles. The zero-order chi connectivity index (χ0) is 20.1. The summed E-state index contributed by atoms with van der Waals surface area (Å²) in [6.07, 6.45) is 1.65. The highest BCUT2D eigenvalue weighted by molar-refractivity contribution is 8.18. The van der Waals surface area contributed by atoms with E-state index in [9.17, 15) is 19.5 Å². The molecule has 0 saturated carbocycles. The van der Waals surface area contributed by atoms with Gasteiger partial charge in [0, 0.05) is 12.2 Å². The van der Waals surface area contributed by atoms with Crippen molar-refractivity contribution in [1.29, 1.82) is 0 Å². The Hall–Kier alpha value is -2.90. The molecule has 3 rings (SSSR count). The van der Waals surface area contributed by atoms with Crippen LogP contribution in [-0.2, 0) is 9.59 Å². The number of imide groups is 1. The Morgan fingerprint density at radius 2 is 1.79 bits per heavy atom. The highest BCUT2D eigenvalue weighted by Gasteiger charge is 2.37. The lowest BCUT2D eigenvalue weighted by atomic mass is 10.1. The fraction of sp³-hybridized carbons (Fsp3) is 0.190. The van der Waals surface area contributed by atoms with Crippen LogP contribution in [0, 0.1) is 6.92 Å². The number of aryl methyl sites for hydroxylation is 1. The van der Waals surface area contributed by atoms with Crippen molar-refractivity contribution in [3.8, 4) is 0 Å². The van der Waals surface area contributed by atoms with Gasteiger partial charge in [-0.05, 0) is 42.5 Å². The number of benzene rings is 2. The molecular weight excluding hydrogens is 376 g/mol. The Bertz CT molecular complexity index is 910. The van der Waals surface area contributed by atoms with Crippen LogP contribution in [0.15, 0.2) is 59.5 Å². The number of aliphatic hydroxyl groups is 1. The Morgan fingerprint density at radius 3 is 2.43 bits per heavy atom. The summed E-state index contributed by atoms with van der Waals surface area (Å²) in [5, 5.41) is 8.80. The van der Waals surface area contributed by atoms with Gasteiger partial charge in [0.1, 0.15) is 6.54 Å². The van der Waals surface area contributed by atoms with E-state index in [1.807, 2.05) is 37.3 Å². The van der Waals surface area contributed by atoms with Crippen LogP contribution < -0.4 is 4.90 Å². The monoisotopic (exact) mass is 396 g/mol. The number of hydrogen-bond donors (Lipinski definition) is 1. The second-order valence-electron chi connectivity index (χ2n) is 6.28. The molecular formula is C21H20N2O4S. The zero-order valence-corrected chi connectivity index (χ0v) is 16.2. The minimum Gasteiger partial charge on any atom is -0.395 e. The zero-order valence-electron chi connectivity index (χ0n) is 15.4. The molecule has 7 heteroatoms. The summed E-state index contributed by atoms with van der Waals surface area (Å²) >= 11 is 0.822. The Balaban J connectivity index is 1.76. The van der Waals surface area contributed by atoms with Crippen LogP contribution in [0.1, 0.15) is 11.1 Å². The maximum absolute atomic E-state index is 12.7. The van der Waals surface area contributed by atoms with Gasteiger partial charge in [-0.25, -0.2) is 0 Å². The van der Waals surface area contributed by atoms with Crippen molar-refractivity contribution in [3.05, 3.63) is 70.6 Å². The van der Waals surface area contributed by atoms with Crippen molar-refractivity contribution in [2.24, 2.45) is 0 Å². The van der Waals surface area contributed by atoms with Gasteiger partial charge in [0.15, 0.2) is 0 Å². The highest BCUT2D eigenvalue weighted by Crippen LogP contribution is 2.32. The molecule has 144 valence electrons. The van der Waals surface area contributed by atoms with E-state index >= 15 is 0 Å². The third-order valence-corrected chi connectivity index (χ3v) is 5.14. The van der Waals surface area contributed by atoms with E-state index in [1.165, 1.54) is 4.90 Å². The molecule has 0 atom stereocenters. The van der Waals surface area contributed by atoms with Gasteiger partial charge in [-0.2, -0.15) is 0 Å². The summed E-state index contributed by atoms with van der Waals surface area (Å²) < 4.78 is 0. The largest absolute Gasteiger partial charge is 0.395 e. The minimum absolute atomic E-state index is 0.0816. The molecule has 1 aliphatic heterocycles. The van der Waals surface area contributed by atoms with Crippen molar-refractivity contribution in [1.82, 2.24) is 4.90 Å². The summed E-state index contributed by atoms with van der Waals surface area (Å²) in [7, 11) is 0. The SMILES string of the molecule is Cc1ccc(/C=C2\SC(=O)N(CC(=O)N(CCO)c3ccccc3)C2=O)cc1. The van der Waals surface area contributed by atoms with Crippen LogP contribution in [0.4, 0.5) is 10.5 Å². The third-order valence-electron chi connectivity index (χ3n) is 4.23. The molecule has 2 aromatic rings. The summed E-state index contributed by atoms with van der Waals surface area (Å²) in [6, 6.07) is 16.4. The first-order valence-electron chi connectivity index (χ1n) is 8.78. The van der Waals surface area contributed by atoms with Gasteiger partial charge in [-0.3, -0.25) is 19.3 Å². The first kappa shape index (κ1) is 19.9. The fourth-order valence-electron chi connectivity index (χ4n) is 2.78. The van der Waals surface area contributed by atoms with Crippen molar-refractivity contribution in [2.45, 2.75) is 6.92 Å².